The molecule has 1 aliphatic rings. The molecular formula is C18H21N5O2S. The van der Waals surface area contributed by atoms with Gasteiger partial charge < -0.3 is 10.1 Å². The van der Waals surface area contributed by atoms with Gasteiger partial charge in [-0.15, -0.1) is 0 Å². The Morgan fingerprint density at radius 2 is 2.27 bits per heavy atom. The summed E-state index contributed by atoms with van der Waals surface area (Å²) in [5.74, 6) is 0.750. The van der Waals surface area contributed by atoms with Gasteiger partial charge in [0.05, 0.1) is 16.8 Å². The molecule has 1 amide bonds. The summed E-state index contributed by atoms with van der Waals surface area (Å²) < 4.78 is 8.31. The second-order valence-corrected chi connectivity index (χ2v) is 7.30. The van der Waals surface area contributed by atoms with Gasteiger partial charge in [-0.25, -0.2) is 4.98 Å². The molecule has 8 heteroatoms. The molecule has 26 heavy (non-hydrogen) atoms. The summed E-state index contributed by atoms with van der Waals surface area (Å²) in [7, 11) is 0. The van der Waals surface area contributed by atoms with E-state index in [2.05, 4.69) is 20.7 Å². The first kappa shape index (κ1) is 17.0. The molecule has 3 aromatic rings. The zero-order chi connectivity index (χ0) is 18.0. The summed E-state index contributed by atoms with van der Waals surface area (Å²) in [6.45, 7) is 4.14. The number of fused-ring (bicyclic) bond motifs is 1. The third kappa shape index (κ3) is 3.06. The summed E-state index contributed by atoms with van der Waals surface area (Å²) in [5, 5.41) is 11.3. The molecule has 1 saturated heterocycles. The van der Waals surface area contributed by atoms with E-state index in [1.54, 1.807) is 10.9 Å². The van der Waals surface area contributed by atoms with Crippen molar-refractivity contribution >= 4 is 32.6 Å². The SMILES string of the molecule is CCOc1ccc2nc(NC(=O)C3(n4cccn4)CCNCC3)sc2c1. The van der Waals surface area contributed by atoms with Gasteiger partial charge in [-0.3, -0.25) is 14.8 Å². The Kier molecular flexibility index (Phi) is 4.60. The third-order valence-electron chi connectivity index (χ3n) is 4.69. The number of thiazole rings is 1. The number of carbonyl (C=O) groups is 1. The van der Waals surface area contributed by atoms with Gasteiger partial charge in [0.25, 0.3) is 5.91 Å². The average Bonchev–Trinajstić information content (AvgIpc) is 3.32. The Morgan fingerprint density at radius 3 is 3.00 bits per heavy atom. The molecule has 1 aliphatic heterocycles. The highest BCUT2D eigenvalue weighted by molar-refractivity contribution is 7.22. The van der Waals surface area contributed by atoms with Crippen LogP contribution in [0.4, 0.5) is 5.13 Å². The van der Waals surface area contributed by atoms with Gasteiger partial charge in [-0.1, -0.05) is 11.3 Å². The lowest BCUT2D eigenvalue weighted by atomic mass is 9.87. The number of piperidine rings is 1. The van der Waals surface area contributed by atoms with Crippen LogP contribution < -0.4 is 15.4 Å². The molecule has 1 aromatic carbocycles. The minimum absolute atomic E-state index is 0.0632. The number of benzene rings is 1. The number of nitrogens with one attached hydrogen (secondary N) is 2. The molecule has 7 nitrogen and oxygen atoms in total. The molecule has 1 fully saturated rings. The molecule has 0 bridgehead atoms. The lowest BCUT2D eigenvalue weighted by Crippen LogP contribution is -2.52. The number of anilines is 1. The van der Waals surface area contributed by atoms with E-state index in [-0.39, 0.29) is 5.91 Å². The molecule has 0 unspecified atom stereocenters. The number of aromatic nitrogens is 3. The zero-order valence-electron chi connectivity index (χ0n) is 14.6. The second-order valence-electron chi connectivity index (χ2n) is 6.27. The van der Waals surface area contributed by atoms with E-state index in [1.165, 1.54) is 11.3 Å². The van der Waals surface area contributed by atoms with Crippen molar-refractivity contribution in [3.63, 3.8) is 0 Å². The number of nitrogens with zero attached hydrogens (tertiary/aromatic N) is 3. The molecule has 0 spiro atoms. The number of amides is 1. The van der Waals surface area contributed by atoms with E-state index in [1.807, 2.05) is 37.4 Å². The summed E-state index contributed by atoms with van der Waals surface area (Å²) in [5.41, 5.74) is 0.176. The Morgan fingerprint density at radius 1 is 1.42 bits per heavy atom. The smallest absolute Gasteiger partial charge is 0.254 e. The van der Waals surface area contributed by atoms with E-state index >= 15 is 0 Å². The van der Waals surface area contributed by atoms with Crippen LogP contribution in [0.15, 0.2) is 36.7 Å². The largest absolute Gasteiger partial charge is 0.494 e. The first-order valence-corrected chi connectivity index (χ1v) is 9.58. The number of rotatable bonds is 5. The van der Waals surface area contributed by atoms with Crippen LogP contribution in [-0.2, 0) is 10.3 Å². The van der Waals surface area contributed by atoms with E-state index in [4.69, 9.17) is 4.74 Å². The van der Waals surface area contributed by atoms with Crippen LogP contribution >= 0.6 is 11.3 Å². The molecular weight excluding hydrogens is 350 g/mol. The quantitative estimate of drug-likeness (QED) is 0.721. The van der Waals surface area contributed by atoms with E-state index < -0.39 is 5.54 Å². The molecule has 0 atom stereocenters. The van der Waals surface area contributed by atoms with Crippen molar-refractivity contribution in [1.29, 1.82) is 0 Å². The topological polar surface area (TPSA) is 81.1 Å². The maximum absolute atomic E-state index is 13.2. The van der Waals surface area contributed by atoms with Crippen molar-refractivity contribution in [1.82, 2.24) is 20.1 Å². The number of hydrogen-bond donors (Lipinski definition) is 2. The maximum atomic E-state index is 13.2. The summed E-state index contributed by atoms with van der Waals surface area (Å²) >= 11 is 1.46. The number of ether oxygens (including phenoxy) is 1. The highest BCUT2D eigenvalue weighted by atomic mass is 32.1. The summed E-state index contributed by atoms with van der Waals surface area (Å²) in [6, 6.07) is 7.62. The molecule has 4 rings (SSSR count). The molecule has 3 heterocycles. The first-order valence-electron chi connectivity index (χ1n) is 8.77. The molecule has 2 N–H and O–H groups in total. The van der Waals surface area contributed by atoms with Crippen LogP contribution in [0.5, 0.6) is 5.75 Å². The lowest BCUT2D eigenvalue weighted by Gasteiger charge is -2.36. The van der Waals surface area contributed by atoms with Gasteiger partial charge in [-0.2, -0.15) is 5.10 Å². The first-order chi connectivity index (χ1) is 12.7. The van der Waals surface area contributed by atoms with Crippen molar-refractivity contribution in [3.8, 4) is 5.75 Å². The van der Waals surface area contributed by atoms with Crippen LogP contribution in [0.1, 0.15) is 19.8 Å². The molecule has 0 aliphatic carbocycles. The molecule has 136 valence electrons. The Labute approximate surface area is 155 Å². The highest BCUT2D eigenvalue weighted by Crippen LogP contribution is 2.32. The minimum Gasteiger partial charge on any atom is -0.494 e. The van der Waals surface area contributed by atoms with Crippen molar-refractivity contribution in [2.24, 2.45) is 0 Å². The predicted molar refractivity (Wildman–Crippen MR) is 102 cm³/mol. The van der Waals surface area contributed by atoms with Crippen LogP contribution in [0.3, 0.4) is 0 Å². The van der Waals surface area contributed by atoms with Crippen molar-refractivity contribution in [3.05, 3.63) is 36.7 Å². The standard InChI is InChI=1S/C18H21N5O2S/c1-2-25-13-4-5-14-15(12-13)26-17(21-14)22-16(24)18(6-9-19-10-7-18)23-11-3-8-20-23/h3-5,8,11-12,19H,2,6-7,9-10H2,1H3,(H,21,22,24). The number of hydrogen-bond acceptors (Lipinski definition) is 6. The monoisotopic (exact) mass is 371 g/mol. The van der Waals surface area contributed by atoms with Gasteiger partial charge in [0.15, 0.2) is 5.13 Å². The maximum Gasteiger partial charge on any atom is 0.254 e. The fraction of sp³-hybridized carbons (Fsp3) is 0.389. The van der Waals surface area contributed by atoms with Crippen LogP contribution in [0, 0.1) is 0 Å². The second kappa shape index (κ2) is 7.05. The van der Waals surface area contributed by atoms with E-state index in [0.717, 1.165) is 29.1 Å². The van der Waals surface area contributed by atoms with Crippen LogP contribution in [-0.4, -0.2) is 40.4 Å². The van der Waals surface area contributed by atoms with E-state index in [0.29, 0.717) is 24.6 Å². The van der Waals surface area contributed by atoms with Gasteiger partial charge in [0.1, 0.15) is 11.3 Å². The Hall–Kier alpha value is -2.45. The van der Waals surface area contributed by atoms with Crippen LogP contribution in [0.2, 0.25) is 0 Å². The molecule has 0 saturated carbocycles. The fourth-order valence-corrected chi connectivity index (χ4v) is 4.24. The number of carbonyl (C=O) groups excluding carboxylic acids is 1. The van der Waals surface area contributed by atoms with Gasteiger partial charge in [0, 0.05) is 12.4 Å². The van der Waals surface area contributed by atoms with Crippen LogP contribution in [0.25, 0.3) is 10.2 Å². The molecule has 2 aromatic heterocycles. The van der Waals surface area contributed by atoms with Gasteiger partial charge in [0.2, 0.25) is 0 Å². The van der Waals surface area contributed by atoms with Crippen molar-refractivity contribution in [2.75, 3.05) is 25.0 Å². The summed E-state index contributed by atoms with van der Waals surface area (Å²) in [6.07, 6.45) is 4.96. The lowest BCUT2D eigenvalue weighted by molar-refractivity contribution is -0.126. The van der Waals surface area contributed by atoms with Gasteiger partial charge in [-0.05, 0) is 57.1 Å². The predicted octanol–water partition coefficient (Wildman–Crippen LogP) is 2.61. The Balaban J connectivity index is 1.61. The Bertz CT molecular complexity index is 900. The zero-order valence-corrected chi connectivity index (χ0v) is 15.4. The minimum atomic E-state index is -0.677. The normalized spacial score (nSPS) is 16.5. The summed E-state index contributed by atoms with van der Waals surface area (Å²) in [4.78, 5) is 17.7. The van der Waals surface area contributed by atoms with Gasteiger partial charge >= 0.3 is 0 Å². The van der Waals surface area contributed by atoms with Crippen molar-refractivity contribution in [2.45, 2.75) is 25.3 Å². The third-order valence-corrected chi connectivity index (χ3v) is 5.62. The average molecular weight is 371 g/mol. The highest BCUT2D eigenvalue weighted by Gasteiger charge is 2.42. The van der Waals surface area contributed by atoms with Crippen molar-refractivity contribution < 1.29 is 9.53 Å². The van der Waals surface area contributed by atoms with E-state index in [9.17, 15) is 4.79 Å². The fourth-order valence-electron chi connectivity index (χ4n) is 3.35. The molecule has 0 radical (unpaired) electrons.